The standard InChI is InChI=1S/C17H17N3O2S.2C2HF3O2/c1-3-13(9-18-6-1)21-12-16-15-11-20(7-5-17(15)22-19-16)10-14-4-2-8-23-14;2*3-2(4,5)1(6)7/h1-4,6,8-9H,5,7,10-12H2;2*(H,6,7). The smallest absolute Gasteiger partial charge is 0.486 e. The molecule has 0 saturated carbocycles. The minimum atomic E-state index is -5.08. The number of nitrogens with zero attached hydrogens (tertiary/aromatic N) is 3. The third kappa shape index (κ3) is 10.1. The molecule has 0 amide bonds. The molecule has 202 valence electrons. The predicted octanol–water partition coefficient (Wildman–Crippen LogP) is 4.54. The number of pyridine rings is 1. The molecule has 1 aliphatic rings. The van der Waals surface area contributed by atoms with E-state index in [-0.39, 0.29) is 0 Å². The van der Waals surface area contributed by atoms with Crippen molar-refractivity contribution >= 4 is 23.3 Å². The molecule has 0 bridgehead atoms. The molecular formula is C21H19F6N3O6S. The Balaban J connectivity index is 0.000000286. The lowest BCUT2D eigenvalue weighted by Gasteiger charge is -2.25. The molecule has 37 heavy (non-hydrogen) atoms. The van der Waals surface area contributed by atoms with Crippen LogP contribution in [-0.4, -0.2) is 56.1 Å². The highest BCUT2D eigenvalue weighted by Crippen LogP contribution is 2.25. The van der Waals surface area contributed by atoms with Crippen LogP contribution in [0.3, 0.4) is 0 Å². The molecule has 0 spiro atoms. The summed E-state index contributed by atoms with van der Waals surface area (Å²) in [5, 5.41) is 20.6. The Hall–Kier alpha value is -3.66. The number of carboxylic acids is 2. The molecular weight excluding hydrogens is 536 g/mol. The molecule has 0 fully saturated rings. The Morgan fingerprint density at radius 3 is 2.24 bits per heavy atom. The van der Waals surface area contributed by atoms with Gasteiger partial charge in [-0.1, -0.05) is 11.2 Å². The summed E-state index contributed by atoms with van der Waals surface area (Å²) in [6.45, 7) is 3.26. The van der Waals surface area contributed by atoms with Crippen LogP contribution in [0, 0.1) is 0 Å². The van der Waals surface area contributed by atoms with Gasteiger partial charge in [-0.2, -0.15) is 26.3 Å². The van der Waals surface area contributed by atoms with Crippen molar-refractivity contribution in [3.8, 4) is 5.75 Å². The summed E-state index contributed by atoms with van der Waals surface area (Å²) in [6.07, 6.45) is -5.83. The number of halogens is 6. The van der Waals surface area contributed by atoms with Crippen LogP contribution in [0.25, 0.3) is 0 Å². The van der Waals surface area contributed by atoms with Crippen LogP contribution in [0.2, 0.25) is 0 Å². The van der Waals surface area contributed by atoms with Crippen LogP contribution in [0.4, 0.5) is 26.3 Å². The van der Waals surface area contributed by atoms with Crippen molar-refractivity contribution in [1.29, 1.82) is 0 Å². The highest BCUT2D eigenvalue weighted by Gasteiger charge is 2.38. The van der Waals surface area contributed by atoms with E-state index in [2.05, 4.69) is 32.6 Å². The minimum absolute atomic E-state index is 0.414. The second-order valence-corrected chi connectivity index (χ2v) is 8.19. The maximum atomic E-state index is 10.6. The van der Waals surface area contributed by atoms with Gasteiger partial charge in [0, 0.05) is 42.7 Å². The fraction of sp³-hybridized carbons (Fsp3) is 0.333. The van der Waals surface area contributed by atoms with Gasteiger partial charge in [0.05, 0.1) is 6.20 Å². The molecule has 3 aromatic rings. The first-order valence-corrected chi connectivity index (χ1v) is 11.0. The first-order valence-electron chi connectivity index (χ1n) is 10.1. The van der Waals surface area contributed by atoms with Gasteiger partial charge in [-0.05, 0) is 23.6 Å². The van der Waals surface area contributed by atoms with Crippen LogP contribution in [-0.2, 0) is 35.7 Å². The van der Waals surface area contributed by atoms with Crippen molar-refractivity contribution < 1.29 is 55.4 Å². The van der Waals surface area contributed by atoms with Crippen LogP contribution >= 0.6 is 11.3 Å². The molecule has 0 radical (unpaired) electrons. The molecule has 4 heterocycles. The summed E-state index contributed by atoms with van der Waals surface area (Å²) in [7, 11) is 0. The average Bonchev–Trinajstić information content (AvgIpc) is 3.48. The van der Waals surface area contributed by atoms with Crippen LogP contribution in [0.5, 0.6) is 5.75 Å². The summed E-state index contributed by atoms with van der Waals surface area (Å²) >= 11 is 1.80. The average molecular weight is 555 g/mol. The molecule has 0 aliphatic carbocycles. The van der Waals surface area contributed by atoms with E-state index in [1.807, 2.05) is 12.1 Å². The highest BCUT2D eigenvalue weighted by atomic mass is 32.1. The number of thiophene rings is 1. The monoisotopic (exact) mass is 555 g/mol. The molecule has 2 N–H and O–H groups in total. The van der Waals surface area contributed by atoms with E-state index in [0.717, 1.165) is 43.3 Å². The van der Waals surface area contributed by atoms with Crippen molar-refractivity contribution in [1.82, 2.24) is 15.0 Å². The zero-order chi connectivity index (χ0) is 27.6. The van der Waals surface area contributed by atoms with E-state index in [9.17, 15) is 26.3 Å². The van der Waals surface area contributed by atoms with E-state index in [0.29, 0.717) is 6.61 Å². The zero-order valence-electron chi connectivity index (χ0n) is 18.6. The molecule has 4 rings (SSSR count). The summed E-state index contributed by atoms with van der Waals surface area (Å²) < 4.78 is 74.7. The Labute approximate surface area is 208 Å². The van der Waals surface area contributed by atoms with Crippen LogP contribution in [0.1, 0.15) is 21.9 Å². The molecule has 1 aliphatic heterocycles. The number of carboxylic acid groups (broad SMARTS) is 2. The van der Waals surface area contributed by atoms with Gasteiger partial charge in [0.2, 0.25) is 0 Å². The second-order valence-electron chi connectivity index (χ2n) is 7.15. The second kappa shape index (κ2) is 13.0. The van der Waals surface area contributed by atoms with Gasteiger partial charge in [-0.25, -0.2) is 9.59 Å². The van der Waals surface area contributed by atoms with Gasteiger partial charge in [0.15, 0.2) is 0 Å². The lowest BCUT2D eigenvalue weighted by atomic mass is 10.1. The first kappa shape index (κ1) is 29.6. The Morgan fingerprint density at radius 1 is 1.08 bits per heavy atom. The minimum Gasteiger partial charge on any atom is -0.486 e. The highest BCUT2D eigenvalue weighted by molar-refractivity contribution is 7.09. The number of aromatic nitrogens is 2. The molecule has 0 saturated heterocycles. The number of hydrogen-bond donors (Lipinski definition) is 2. The Kier molecular flexibility index (Phi) is 10.4. The number of carbonyl (C=O) groups is 2. The van der Waals surface area contributed by atoms with Gasteiger partial charge in [0.1, 0.15) is 23.8 Å². The van der Waals surface area contributed by atoms with Crippen molar-refractivity contribution in [2.75, 3.05) is 6.54 Å². The van der Waals surface area contributed by atoms with Crippen molar-refractivity contribution in [3.05, 3.63) is 63.9 Å². The van der Waals surface area contributed by atoms with Gasteiger partial charge in [-0.15, -0.1) is 11.3 Å². The van der Waals surface area contributed by atoms with E-state index >= 15 is 0 Å². The van der Waals surface area contributed by atoms with Crippen molar-refractivity contribution in [2.24, 2.45) is 0 Å². The summed E-state index contributed by atoms with van der Waals surface area (Å²) in [6, 6.07) is 8.03. The summed E-state index contributed by atoms with van der Waals surface area (Å²) in [5.41, 5.74) is 2.07. The van der Waals surface area contributed by atoms with E-state index in [1.54, 1.807) is 23.7 Å². The van der Waals surface area contributed by atoms with Crippen LogP contribution in [0.15, 0.2) is 46.6 Å². The normalized spacial score (nSPS) is 13.4. The topological polar surface area (TPSA) is 126 Å². The number of aliphatic carboxylic acids is 2. The molecule has 9 nitrogen and oxygen atoms in total. The number of ether oxygens (including phenoxy) is 1. The first-order chi connectivity index (χ1) is 17.3. The van der Waals surface area contributed by atoms with Gasteiger partial charge < -0.3 is 19.5 Å². The van der Waals surface area contributed by atoms with E-state index < -0.39 is 24.3 Å². The third-order valence-electron chi connectivity index (χ3n) is 4.44. The fourth-order valence-corrected chi connectivity index (χ4v) is 3.52. The quantitative estimate of drug-likeness (QED) is 0.437. The summed E-state index contributed by atoms with van der Waals surface area (Å²) in [4.78, 5) is 25.7. The lowest BCUT2D eigenvalue weighted by molar-refractivity contribution is -0.193. The van der Waals surface area contributed by atoms with Gasteiger partial charge in [-0.3, -0.25) is 9.88 Å². The number of rotatable bonds is 5. The Morgan fingerprint density at radius 2 is 1.73 bits per heavy atom. The maximum Gasteiger partial charge on any atom is 0.490 e. The number of alkyl halides is 6. The van der Waals surface area contributed by atoms with Gasteiger partial charge >= 0.3 is 24.3 Å². The lowest BCUT2D eigenvalue weighted by Crippen LogP contribution is -2.29. The van der Waals surface area contributed by atoms with Crippen LogP contribution < -0.4 is 4.74 Å². The third-order valence-corrected chi connectivity index (χ3v) is 5.30. The Bertz CT molecular complexity index is 1110. The molecule has 16 heteroatoms. The number of hydrogen-bond acceptors (Lipinski definition) is 8. The van der Waals surface area contributed by atoms with Crippen molar-refractivity contribution in [2.45, 2.75) is 38.5 Å². The molecule has 0 unspecified atom stereocenters. The number of fused-ring (bicyclic) bond motifs is 1. The summed E-state index contributed by atoms with van der Waals surface area (Å²) in [5.74, 6) is -3.77. The zero-order valence-corrected chi connectivity index (χ0v) is 19.4. The van der Waals surface area contributed by atoms with E-state index in [1.165, 1.54) is 10.4 Å². The molecule has 0 atom stereocenters. The van der Waals surface area contributed by atoms with E-state index in [4.69, 9.17) is 29.1 Å². The predicted molar refractivity (Wildman–Crippen MR) is 115 cm³/mol. The fourth-order valence-electron chi connectivity index (χ4n) is 2.78. The van der Waals surface area contributed by atoms with Gasteiger partial charge in [0.25, 0.3) is 0 Å². The maximum absolute atomic E-state index is 10.6. The van der Waals surface area contributed by atoms with Crippen molar-refractivity contribution in [3.63, 3.8) is 0 Å². The molecule has 3 aromatic heterocycles. The molecule has 0 aromatic carbocycles. The largest absolute Gasteiger partial charge is 0.490 e. The SMILES string of the molecule is O=C(O)C(F)(F)F.O=C(O)C(F)(F)F.c1cncc(OCc2noc3c2CN(Cc2cccs2)CC3)c1.